The average Bonchev–Trinajstić information content (AvgIpc) is 2.78. The maximum atomic E-state index is 12.2. The van der Waals surface area contributed by atoms with Gasteiger partial charge in [0.15, 0.2) is 0 Å². The van der Waals surface area contributed by atoms with Crippen LogP contribution in [0.2, 0.25) is 0 Å². The molecule has 1 fully saturated rings. The number of aryl methyl sites for hydroxylation is 1. The lowest BCUT2D eigenvalue weighted by Gasteiger charge is -2.15. The van der Waals surface area contributed by atoms with Crippen LogP contribution in [-0.4, -0.2) is 25.8 Å². The van der Waals surface area contributed by atoms with Crippen LogP contribution in [0.4, 0.5) is 0 Å². The molecule has 90 valence electrons. The lowest BCUT2D eigenvalue weighted by Crippen LogP contribution is -2.28. The molecule has 0 radical (unpaired) electrons. The summed E-state index contributed by atoms with van der Waals surface area (Å²) in [6.45, 7) is 2.67. The van der Waals surface area contributed by atoms with E-state index in [1.54, 1.807) is 24.3 Å². The van der Waals surface area contributed by atoms with E-state index in [-0.39, 0.29) is 5.92 Å². The van der Waals surface area contributed by atoms with Crippen LogP contribution in [0.15, 0.2) is 29.2 Å². The molecule has 2 rings (SSSR count). The van der Waals surface area contributed by atoms with Crippen molar-refractivity contribution in [3.05, 3.63) is 29.8 Å². The fourth-order valence-electron chi connectivity index (χ4n) is 1.91. The molecule has 0 bridgehead atoms. The molecule has 1 atom stereocenters. The Morgan fingerprint density at radius 3 is 2.53 bits per heavy atom. The molecule has 0 saturated carbocycles. The second-order valence-electron chi connectivity index (χ2n) is 4.29. The number of benzene rings is 1. The molecule has 0 unspecified atom stereocenters. The molecule has 1 aromatic rings. The van der Waals surface area contributed by atoms with Gasteiger partial charge >= 0.3 is 0 Å². The Hall–Kier alpha value is -1.38. The normalized spacial score (nSPS) is 21.3. The highest BCUT2D eigenvalue weighted by Gasteiger charge is 2.32. The van der Waals surface area contributed by atoms with Crippen molar-refractivity contribution in [1.82, 2.24) is 4.31 Å². The third kappa shape index (κ3) is 2.33. The minimum absolute atomic E-state index is 0.171. The SMILES string of the molecule is Cc1ccc(S(=O)(=O)N2CC[C@@H](C#N)C2)cc1. The van der Waals surface area contributed by atoms with Crippen LogP contribution in [0.3, 0.4) is 0 Å². The van der Waals surface area contributed by atoms with Crippen LogP contribution in [0, 0.1) is 24.2 Å². The second-order valence-corrected chi connectivity index (χ2v) is 6.23. The molecule has 5 heteroatoms. The zero-order valence-corrected chi connectivity index (χ0v) is 10.4. The standard InChI is InChI=1S/C12H14N2O2S/c1-10-2-4-12(5-3-10)17(15,16)14-7-6-11(8-13)9-14/h2-5,11H,6-7,9H2,1H3/t11-/m0/s1. The summed E-state index contributed by atoms with van der Waals surface area (Å²) in [6.07, 6.45) is 0.627. The quantitative estimate of drug-likeness (QED) is 0.799. The lowest BCUT2D eigenvalue weighted by molar-refractivity contribution is 0.471. The van der Waals surface area contributed by atoms with Gasteiger partial charge in [-0.3, -0.25) is 0 Å². The first-order valence-electron chi connectivity index (χ1n) is 5.50. The van der Waals surface area contributed by atoms with Crippen molar-refractivity contribution in [2.75, 3.05) is 13.1 Å². The molecule has 0 spiro atoms. The van der Waals surface area contributed by atoms with Crippen LogP contribution in [0.25, 0.3) is 0 Å². The summed E-state index contributed by atoms with van der Waals surface area (Å²) in [5.41, 5.74) is 1.03. The fourth-order valence-corrected chi connectivity index (χ4v) is 3.41. The van der Waals surface area contributed by atoms with Gasteiger partial charge in [0, 0.05) is 13.1 Å². The Morgan fingerprint density at radius 2 is 2.00 bits per heavy atom. The monoisotopic (exact) mass is 250 g/mol. The molecular weight excluding hydrogens is 236 g/mol. The highest BCUT2D eigenvalue weighted by Crippen LogP contribution is 2.23. The molecule has 0 aliphatic carbocycles. The van der Waals surface area contributed by atoms with Gasteiger partial charge in [-0.05, 0) is 25.5 Å². The number of nitriles is 1. The van der Waals surface area contributed by atoms with Crippen LogP contribution in [0.5, 0.6) is 0 Å². The van der Waals surface area contributed by atoms with Gasteiger partial charge in [-0.25, -0.2) is 8.42 Å². The number of hydrogen-bond acceptors (Lipinski definition) is 3. The van der Waals surface area contributed by atoms with Gasteiger partial charge in [-0.2, -0.15) is 9.57 Å². The third-order valence-corrected chi connectivity index (χ3v) is 4.87. The molecule has 0 N–H and O–H groups in total. The predicted octanol–water partition coefficient (Wildman–Crippen LogP) is 1.53. The van der Waals surface area contributed by atoms with E-state index in [9.17, 15) is 8.42 Å². The summed E-state index contributed by atoms with van der Waals surface area (Å²) in [5, 5.41) is 8.78. The lowest BCUT2D eigenvalue weighted by atomic mass is 10.1. The smallest absolute Gasteiger partial charge is 0.207 e. The average molecular weight is 250 g/mol. The first kappa shape index (κ1) is 12.1. The largest absolute Gasteiger partial charge is 0.243 e. The molecule has 0 amide bonds. The highest BCUT2D eigenvalue weighted by molar-refractivity contribution is 7.89. The van der Waals surface area contributed by atoms with Gasteiger partial charge in [-0.15, -0.1) is 0 Å². The van der Waals surface area contributed by atoms with Crippen molar-refractivity contribution < 1.29 is 8.42 Å². The van der Waals surface area contributed by atoms with Gasteiger partial charge in [0.1, 0.15) is 0 Å². The Morgan fingerprint density at radius 1 is 1.35 bits per heavy atom. The minimum atomic E-state index is -3.42. The second kappa shape index (κ2) is 4.47. The molecule has 4 nitrogen and oxygen atoms in total. The zero-order chi connectivity index (χ0) is 12.5. The summed E-state index contributed by atoms with van der Waals surface area (Å²) in [7, 11) is -3.42. The van der Waals surface area contributed by atoms with Crippen molar-refractivity contribution in [3.63, 3.8) is 0 Å². The highest BCUT2D eigenvalue weighted by atomic mass is 32.2. The van der Waals surface area contributed by atoms with Gasteiger partial charge in [0.2, 0.25) is 10.0 Å². The van der Waals surface area contributed by atoms with Crippen molar-refractivity contribution in [3.8, 4) is 6.07 Å². The molecule has 17 heavy (non-hydrogen) atoms. The first-order chi connectivity index (χ1) is 8.04. The fraction of sp³-hybridized carbons (Fsp3) is 0.417. The van der Waals surface area contributed by atoms with Crippen LogP contribution in [0.1, 0.15) is 12.0 Å². The van der Waals surface area contributed by atoms with Crippen LogP contribution >= 0.6 is 0 Å². The summed E-state index contributed by atoms with van der Waals surface area (Å²) < 4.78 is 25.8. The van der Waals surface area contributed by atoms with Crippen molar-refractivity contribution in [2.45, 2.75) is 18.2 Å². The minimum Gasteiger partial charge on any atom is -0.207 e. The van der Waals surface area contributed by atoms with Gasteiger partial charge in [0.25, 0.3) is 0 Å². The van der Waals surface area contributed by atoms with Crippen molar-refractivity contribution >= 4 is 10.0 Å². The van der Waals surface area contributed by atoms with Crippen LogP contribution in [-0.2, 0) is 10.0 Å². The Bertz CT molecular complexity index is 543. The molecule has 1 aliphatic heterocycles. The number of rotatable bonds is 2. The molecule has 1 aliphatic rings. The van der Waals surface area contributed by atoms with Gasteiger partial charge in [0.05, 0.1) is 16.9 Å². The van der Waals surface area contributed by atoms with Crippen LogP contribution < -0.4 is 0 Å². The molecule has 1 heterocycles. The molecule has 0 aromatic heterocycles. The maximum absolute atomic E-state index is 12.2. The maximum Gasteiger partial charge on any atom is 0.243 e. The molecule has 1 aromatic carbocycles. The van der Waals surface area contributed by atoms with E-state index < -0.39 is 10.0 Å². The van der Waals surface area contributed by atoms with Crippen molar-refractivity contribution in [1.29, 1.82) is 5.26 Å². The van der Waals surface area contributed by atoms with E-state index in [4.69, 9.17) is 5.26 Å². The molecular formula is C12H14N2O2S. The third-order valence-electron chi connectivity index (χ3n) is 2.99. The van der Waals surface area contributed by atoms with Crippen molar-refractivity contribution in [2.24, 2.45) is 5.92 Å². The summed E-state index contributed by atoms with van der Waals surface area (Å²) in [6, 6.07) is 8.92. The van der Waals surface area contributed by atoms with Gasteiger partial charge in [-0.1, -0.05) is 17.7 Å². The van der Waals surface area contributed by atoms with E-state index in [2.05, 4.69) is 6.07 Å². The summed E-state index contributed by atoms with van der Waals surface area (Å²) in [5.74, 6) is -0.171. The number of nitrogens with zero attached hydrogens (tertiary/aromatic N) is 2. The van der Waals surface area contributed by atoms with E-state index in [1.165, 1.54) is 4.31 Å². The van der Waals surface area contributed by atoms with E-state index in [0.717, 1.165) is 5.56 Å². The topological polar surface area (TPSA) is 61.2 Å². The summed E-state index contributed by atoms with van der Waals surface area (Å²) >= 11 is 0. The first-order valence-corrected chi connectivity index (χ1v) is 6.94. The van der Waals surface area contributed by atoms with E-state index in [1.807, 2.05) is 6.92 Å². The Labute approximate surface area is 102 Å². The zero-order valence-electron chi connectivity index (χ0n) is 9.63. The Balaban J connectivity index is 2.26. The predicted molar refractivity (Wildman–Crippen MR) is 63.7 cm³/mol. The number of sulfonamides is 1. The Kier molecular flexibility index (Phi) is 3.18. The molecule has 1 saturated heterocycles. The summed E-state index contributed by atoms with van der Waals surface area (Å²) in [4.78, 5) is 0.307. The van der Waals surface area contributed by atoms with E-state index in [0.29, 0.717) is 24.4 Å². The number of hydrogen-bond donors (Lipinski definition) is 0. The van der Waals surface area contributed by atoms with E-state index >= 15 is 0 Å². The van der Waals surface area contributed by atoms with Gasteiger partial charge < -0.3 is 0 Å².